The SMILES string of the molecule is Cc1ccc2ccccc2c1-c1cccc[n+]1C. The molecule has 3 aromatic rings. The highest BCUT2D eigenvalue weighted by Crippen LogP contribution is 2.29. The van der Waals surface area contributed by atoms with E-state index in [1.807, 2.05) is 0 Å². The van der Waals surface area contributed by atoms with E-state index in [0.29, 0.717) is 0 Å². The van der Waals surface area contributed by atoms with Crippen molar-refractivity contribution < 1.29 is 4.57 Å². The minimum absolute atomic E-state index is 1.26. The largest absolute Gasteiger partial charge is 0.213 e. The molecule has 1 nitrogen and oxygen atoms in total. The summed E-state index contributed by atoms with van der Waals surface area (Å²) in [6.07, 6.45) is 2.09. The van der Waals surface area contributed by atoms with E-state index in [-0.39, 0.29) is 0 Å². The van der Waals surface area contributed by atoms with Crippen LogP contribution >= 0.6 is 0 Å². The molecule has 0 radical (unpaired) electrons. The normalized spacial score (nSPS) is 10.8. The highest BCUT2D eigenvalue weighted by atomic mass is 14.9. The lowest BCUT2D eigenvalue weighted by molar-refractivity contribution is -0.660. The molecule has 0 fully saturated rings. The molecule has 2 aromatic carbocycles. The van der Waals surface area contributed by atoms with Gasteiger partial charge in [0.1, 0.15) is 7.05 Å². The number of aryl methyl sites for hydroxylation is 2. The molecule has 0 saturated carbocycles. The Bertz CT molecular complexity index is 714. The van der Waals surface area contributed by atoms with Crippen LogP contribution in [0.1, 0.15) is 5.56 Å². The fourth-order valence-corrected chi connectivity index (χ4v) is 2.50. The molecule has 1 heterocycles. The van der Waals surface area contributed by atoms with E-state index in [0.717, 1.165) is 0 Å². The number of rotatable bonds is 1. The summed E-state index contributed by atoms with van der Waals surface area (Å²) in [5.41, 5.74) is 3.90. The van der Waals surface area contributed by atoms with Crippen LogP contribution in [0.4, 0.5) is 0 Å². The van der Waals surface area contributed by atoms with Crippen LogP contribution < -0.4 is 4.57 Å². The number of aromatic nitrogens is 1. The lowest BCUT2D eigenvalue weighted by Crippen LogP contribution is -2.30. The lowest BCUT2D eigenvalue weighted by Gasteiger charge is -2.08. The summed E-state index contributed by atoms with van der Waals surface area (Å²) in [5.74, 6) is 0. The van der Waals surface area contributed by atoms with Crippen molar-refractivity contribution in [1.82, 2.24) is 0 Å². The molecule has 0 atom stereocenters. The van der Waals surface area contributed by atoms with Crippen LogP contribution in [-0.2, 0) is 7.05 Å². The fourth-order valence-electron chi connectivity index (χ4n) is 2.50. The smallest absolute Gasteiger partial charge is 0.201 e. The van der Waals surface area contributed by atoms with E-state index in [1.54, 1.807) is 0 Å². The van der Waals surface area contributed by atoms with E-state index in [2.05, 4.69) is 79.3 Å². The van der Waals surface area contributed by atoms with Crippen molar-refractivity contribution in [3.8, 4) is 11.3 Å². The van der Waals surface area contributed by atoms with Crippen LogP contribution in [0, 0.1) is 6.92 Å². The van der Waals surface area contributed by atoms with Crippen molar-refractivity contribution in [3.63, 3.8) is 0 Å². The second kappa shape index (κ2) is 4.26. The molecule has 0 N–H and O–H groups in total. The van der Waals surface area contributed by atoms with Crippen LogP contribution in [0.25, 0.3) is 22.0 Å². The first-order valence-corrected chi connectivity index (χ1v) is 6.21. The van der Waals surface area contributed by atoms with Gasteiger partial charge in [-0.2, -0.15) is 0 Å². The summed E-state index contributed by atoms with van der Waals surface area (Å²) in [4.78, 5) is 0. The zero-order chi connectivity index (χ0) is 12.5. The van der Waals surface area contributed by atoms with Gasteiger partial charge in [0.25, 0.3) is 0 Å². The van der Waals surface area contributed by atoms with Gasteiger partial charge < -0.3 is 0 Å². The van der Waals surface area contributed by atoms with Crippen LogP contribution in [0.3, 0.4) is 0 Å². The monoisotopic (exact) mass is 234 g/mol. The highest BCUT2D eigenvalue weighted by Gasteiger charge is 2.14. The van der Waals surface area contributed by atoms with Crippen LogP contribution in [-0.4, -0.2) is 0 Å². The lowest BCUT2D eigenvalue weighted by atomic mass is 9.97. The zero-order valence-corrected chi connectivity index (χ0v) is 10.7. The van der Waals surface area contributed by atoms with Gasteiger partial charge in [-0.3, -0.25) is 0 Å². The van der Waals surface area contributed by atoms with Gasteiger partial charge in [-0.05, 0) is 29.3 Å². The number of benzene rings is 2. The van der Waals surface area contributed by atoms with Gasteiger partial charge in [-0.25, -0.2) is 4.57 Å². The van der Waals surface area contributed by atoms with Crippen molar-refractivity contribution in [2.75, 3.05) is 0 Å². The molecule has 0 aliphatic heterocycles. The predicted molar refractivity (Wildman–Crippen MR) is 75.3 cm³/mol. The maximum Gasteiger partial charge on any atom is 0.213 e. The van der Waals surface area contributed by atoms with Gasteiger partial charge in [-0.1, -0.05) is 36.4 Å². The molecule has 0 bridgehead atoms. The third-order valence-electron chi connectivity index (χ3n) is 3.45. The first-order chi connectivity index (χ1) is 8.77. The Kier molecular flexibility index (Phi) is 2.60. The van der Waals surface area contributed by atoms with Gasteiger partial charge >= 0.3 is 0 Å². The van der Waals surface area contributed by atoms with Gasteiger partial charge in [0, 0.05) is 12.1 Å². The Morgan fingerprint density at radius 2 is 1.61 bits per heavy atom. The average molecular weight is 234 g/mol. The van der Waals surface area contributed by atoms with E-state index < -0.39 is 0 Å². The number of fused-ring (bicyclic) bond motifs is 1. The standard InChI is InChI=1S/C17H16N/c1-13-10-11-14-7-3-4-8-15(14)17(13)16-9-5-6-12-18(16)2/h3-12H,1-2H3/q+1. The fraction of sp³-hybridized carbons (Fsp3) is 0.118. The van der Waals surface area contributed by atoms with Crippen molar-refractivity contribution in [3.05, 3.63) is 66.4 Å². The van der Waals surface area contributed by atoms with Gasteiger partial charge in [0.15, 0.2) is 6.20 Å². The number of pyridine rings is 1. The van der Waals surface area contributed by atoms with Crippen LogP contribution in [0.5, 0.6) is 0 Å². The van der Waals surface area contributed by atoms with E-state index in [4.69, 9.17) is 0 Å². The Morgan fingerprint density at radius 3 is 2.44 bits per heavy atom. The maximum absolute atomic E-state index is 2.20. The Hall–Kier alpha value is -2.15. The topological polar surface area (TPSA) is 3.88 Å². The van der Waals surface area contributed by atoms with Crippen molar-refractivity contribution >= 4 is 10.8 Å². The molecule has 18 heavy (non-hydrogen) atoms. The molecule has 3 rings (SSSR count). The summed E-state index contributed by atoms with van der Waals surface area (Å²) >= 11 is 0. The molecule has 0 saturated heterocycles. The van der Waals surface area contributed by atoms with Gasteiger partial charge in [0.2, 0.25) is 5.69 Å². The maximum atomic E-state index is 2.20. The molecule has 1 heteroatoms. The minimum Gasteiger partial charge on any atom is -0.201 e. The Labute approximate surface area is 107 Å². The summed E-state index contributed by atoms with van der Waals surface area (Å²) in [6.45, 7) is 2.18. The minimum atomic E-state index is 1.26. The molecule has 0 aliphatic rings. The van der Waals surface area contributed by atoms with Crippen molar-refractivity contribution in [2.24, 2.45) is 7.05 Å². The molecule has 1 aromatic heterocycles. The van der Waals surface area contributed by atoms with Crippen LogP contribution in [0.15, 0.2) is 60.8 Å². The second-order valence-electron chi connectivity index (χ2n) is 4.68. The van der Waals surface area contributed by atoms with Crippen molar-refractivity contribution in [2.45, 2.75) is 6.92 Å². The summed E-state index contributed by atoms with van der Waals surface area (Å²) < 4.78 is 2.18. The van der Waals surface area contributed by atoms with Crippen LogP contribution in [0.2, 0.25) is 0 Å². The second-order valence-corrected chi connectivity index (χ2v) is 4.68. The predicted octanol–water partition coefficient (Wildman–Crippen LogP) is 3.64. The number of hydrogen-bond acceptors (Lipinski definition) is 0. The molecular weight excluding hydrogens is 218 g/mol. The Balaban J connectivity index is 2.42. The third kappa shape index (κ3) is 1.68. The first-order valence-electron chi connectivity index (χ1n) is 6.21. The molecule has 0 unspecified atom stereocenters. The quantitative estimate of drug-likeness (QED) is 0.566. The molecular formula is C17H16N+. The number of hydrogen-bond donors (Lipinski definition) is 0. The van der Waals surface area contributed by atoms with E-state index in [9.17, 15) is 0 Å². The van der Waals surface area contributed by atoms with Gasteiger partial charge in [0.05, 0.1) is 5.56 Å². The van der Waals surface area contributed by atoms with E-state index in [1.165, 1.54) is 27.6 Å². The molecule has 88 valence electrons. The average Bonchev–Trinajstić information content (AvgIpc) is 2.40. The van der Waals surface area contributed by atoms with Crippen molar-refractivity contribution in [1.29, 1.82) is 0 Å². The highest BCUT2D eigenvalue weighted by molar-refractivity contribution is 5.96. The molecule has 0 spiro atoms. The summed E-state index contributed by atoms with van der Waals surface area (Å²) in [6, 6.07) is 19.3. The third-order valence-corrected chi connectivity index (χ3v) is 3.45. The molecule has 0 aliphatic carbocycles. The van der Waals surface area contributed by atoms with E-state index >= 15 is 0 Å². The number of nitrogens with zero attached hydrogens (tertiary/aromatic N) is 1. The molecule has 0 amide bonds. The zero-order valence-electron chi connectivity index (χ0n) is 10.7. The first kappa shape index (κ1) is 11.0. The Morgan fingerprint density at radius 1 is 0.833 bits per heavy atom. The summed E-state index contributed by atoms with van der Waals surface area (Å²) in [7, 11) is 2.09. The van der Waals surface area contributed by atoms with Gasteiger partial charge in [-0.15, -0.1) is 0 Å². The summed E-state index contributed by atoms with van der Waals surface area (Å²) in [5, 5.41) is 2.61.